The van der Waals surface area contributed by atoms with Gasteiger partial charge in [-0.25, -0.2) is 9.37 Å². The number of nitrogens with two attached hydrogens (primary N) is 2. The van der Waals surface area contributed by atoms with Gasteiger partial charge >= 0.3 is 0 Å². The van der Waals surface area contributed by atoms with Gasteiger partial charge in [0, 0.05) is 28.4 Å². The van der Waals surface area contributed by atoms with Crippen LogP contribution in [0.1, 0.15) is 37.9 Å². The molecule has 6 heteroatoms. The molecule has 0 radical (unpaired) electrons. The molecule has 0 aliphatic carbocycles. The fourth-order valence-electron chi connectivity index (χ4n) is 2.90. The molecule has 0 aliphatic rings. The van der Waals surface area contributed by atoms with Crippen LogP contribution < -0.4 is 11.5 Å². The second-order valence-corrected chi connectivity index (χ2v) is 6.50. The van der Waals surface area contributed by atoms with Crippen LogP contribution in [-0.4, -0.2) is 17.5 Å². The van der Waals surface area contributed by atoms with Crippen LogP contribution in [0.2, 0.25) is 0 Å². The summed E-state index contributed by atoms with van der Waals surface area (Å²) >= 11 is 3.53. The molecule has 0 bridgehead atoms. The molecule has 1 aromatic heterocycles. The monoisotopic (exact) mass is 412 g/mol. The number of allylic oxidation sites excluding steroid dienone is 1. The minimum atomic E-state index is -0.290. The van der Waals surface area contributed by atoms with E-state index in [0.717, 1.165) is 27.6 Å². The molecule has 154 valence electrons. The average Bonchev–Trinajstić information content (AvgIpc) is 2.71. The molecule has 0 aliphatic heterocycles. The Bertz CT molecular complexity index is 983. The summed E-state index contributed by atoms with van der Waals surface area (Å²) in [5, 5.41) is 9.16. The SMILES string of the molecule is C=CC.CC(C)c1nc(N)c2cc(N)c(C=N)cc2c1-c1ccc(F)cc1.CS. The lowest BCUT2D eigenvalue weighted by Crippen LogP contribution is -2.04. The van der Waals surface area contributed by atoms with Crippen molar-refractivity contribution in [2.24, 2.45) is 0 Å². The molecule has 2 aromatic carbocycles. The molecule has 4 nitrogen and oxygen atoms in total. The number of nitrogens with zero attached hydrogens (tertiary/aromatic N) is 1. The number of fused-ring (bicyclic) bond motifs is 1. The van der Waals surface area contributed by atoms with E-state index in [4.69, 9.17) is 16.9 Å². The van der Waals surface area contributed by atoms with Crippen molar-refractivity contribution in [1.29, 1.82) is 5.41 Å². The Morgan fingerprint density at radius 1 is 1.10 bits per heavy atom. The van der Waals surface area contributed by atoms with Gasteiger partial charge in [-0.2, -0.15) is 12.6 Å². The number of halogens is 1. The van der Waals surface area contributed by atoms with Gasteiger partial charge in [0.2, 0.25) is 0 Å². The van der Waals surface area contributed by atoms with Gasteiger partial charge in [0.05, 0.1) is 5.69 Å². The van der Waals surface area contributed by atoms with Gasteiger partial charge in [0.15, 0.2) is 0 Å². The van der Waals surface area contributed by atoms with Gasteiger partial charge in [-0.1, -0.05) is 32.1 Å². The van der Waals surface area contributed by atoms with Crippen molar-refractivity contribution in [2.75, 3.05) is 17.7 Å². The molecule has 0 unspecified atom stereocenters. The first-order chi connectivity index (χ1) is 13.8. The van der Waals surface area contributed by atoms with Gasteiger partial charge < -0.3 is 16.9 Å². The summed E-state index contributed by atoms with van der Waals surface area (Å²) in [7, 11) is 0. The number of nitrogen functional groups attached to an aromatic ring is 2. The van der Waals surface area contributed by atoms with Gasteiger partial charge in [-0.3, -0.25) is 0 Å². The summed E-state index contributed by atoms with van der Waals surface area (Å²) in [6.07, 6.45) is 4.66. The Hall–Kier alpha value is -2.86. The van der Waals surface area contributed by atoms with Crippen LogP contribution in [0.5, 0.6) is 0 Å². The summed E-state index contributed by atoms with van der Waals surface area (Å²) < 4.78 is 13.3. The highest BCUT2D eigenvalue weighted by atomic mass is 32.1. The molecule has 3 rings (SSSR count). The first kappa shape index (κ1) is 24.2. The summed E-state index contributed by atoms with van der Waals surface area (Å²) in [4.78, 5) is 4.57. The Morgan fingerprint density at radius 2 is 1.66 bits per heavy atom. The molecule has 1 heterocycles. The third-order valence-corrected chi connectivity index (χ3v) is 4.10. The smallest absolute Gasteiger partial charge is 0.131 e. The second kappa shape index (κ2) is 11.2. The van der Waals surface area contributed by atoms with E-state index in [1.165, 1.54) is 18.3 Å². The molecule has 3 aromatic rings. The fraction of sp³-hybridized carbons (Fsp3) is 0.217. The molecule has 0 saturated carbocycles. The number of hydrogen-bond donors (Lipinski definition) is 4. The highest BCUT2D eigenvalue weighted by molar-refractivity contribution is 7.79. The van der Waals surface area contributed by atoms with Crippen LogP contribution >= 0.6 is 12.6 Å². The normalized spacial score (nSPS) is 9.90. The number of nitrogens with one attached hydrogen (secondary N) is 1. The highest BCUT2D eigenvalue weighted by Crippen LogP contribution is 2.38. The number of pyridine rings is 1. The number of benzene rings is 2. The fourth-order valence-corrected chi connectivity index (χ4v) is 2.90. The van der Waals surface area contributed by atoms with E-state index in [0.29, 0.717) is 17.1 Å². The van der Waals surface area contributed by atoms with E-state index in [1.807, 2.05) is 26.8 Å². The van der Waals surface area contributed by atoms with E-state index in [2.05, 4.69) is 24.2 Å². The Kier molecular flexibility index (Phi) is 9.35. The van der Waals surface area contributed by atoms with Gasteiger partial charge in [-0.15, -0.1) is 6.58 Å². The first-order valence-electron chi connectivity index (χ1n) is 9.14. The Labute approximate surface area is 177 Å². The minimum absolute atomic E-state index is 0.137. The van der Waals surface area contributed by atoms with Crippen molar-refractivity contribution in [2.45, 2.75) is 26.7 Å². The lowest BCUT2D eigenvalue weighted by Gasteiger charge is -2.18. The van der Waals surface area contributed by atoms with E-state index >= 15 is 0 Å². The quantitative estimate of drug-likeness (QED) is 0.182. The zero-order valence-electron chi connectivity index (χ0n) is 17.3. The van der Waals surface area contributed by atoms with Gasteiger partial charge in [0.25, 0.3) is 0 Å². The van der Waals surface area contributed by atoms with Crippen LogP contribution in [-0.2, 0) is 0 Å². The maximum Gasteiger partial charge on any atom is 0.131 e. The number of rotatable bonds is 3. The maximum atomic E-state index is 13.3. The molecule has 0 fully saturated rings. The summed E-state index contributed by atoms with van der Waals surface area (Å²) in [6.45, 7) is 9.32. The highest BCUT2D eigenvalue weighted by Gasteiger charge is 2.18. The van der Waals surface area contributed by atoms with Crippen molar-refractivity contribution in [3.05, 3.63) is 66.1 Å². The topological polar surface area (TPSA) is 88.8 Å². The summed E-state index contributed by atoms with van der Waals surface area (Å²) in [6, 6.07) is 9.91. The molecular formula is C23H29FN4S. The molecule has 0 atom stereocenters. The third-order valence-electron chi connectivity index (χ3n) is 4.10. The van der Waals surface area contributed by atoms with Crippen LogP contribution in [0.15, 0.2) is 49.1 Å². The molecule has 0 amide bonds. The lowest BCUT2D eigenvalue weighted by atomic mass is 9.91. The van der Waals surface area contributed by atoms with Crippen molar-refractivity contribution >= 4 is 41.1 Å². The predicted octanol–water partition coefficient (Wildman–Crippen LogP) is 6.06. The standard InChI is InChI=1S/C19H19FN4.C3H6.CH4S/c1-10(2)18-17(11-3-5-13(20)6-4-11)14-7-12(9-21)16(22)8-15(14)19(23)24-18;1-3-2;1-2/h3-10,21H,22H2,1-2H3,(H2,23,24);3H,1H2,2H3;2H,1H3. The zero-order valence-corrected chi connectivity index (χ0v) is 18.2. The van der Waals surface area contributed by atoms with E-state index in [9.17, 15) is 4.39 Å². The van der Waals surface area contributed by atoms with Crippen LogP contribution in [0, 0.1) is 11.2 Å². The van der Waals surface area contributed by atoms with Crippen molar-refractivity contribution in [1.82, 2.24) is 4.98 Å². The zero-order chi connectivity index (χ0) is 22.1. The molecule has 0 spiro atoms. The van der Waals surface area contributed by atoms with E-state index in [1.54, 1.807) is 30.5 Å². The van der Waals surface area contributed by atoms with Crippen molar-refractivity contribution in [3.8, 4) is 11.1 Å². The number of aromatic nitrogens is 1. The second-order valence-electron chi connectivity index (χ2n) is 6.50. The van der Waals surface area contributed by atoms with Gasteiger partial charge in [0.1, 0.15) is 11.6 Å². The molecule has 0 saturated heterocycles. The van der Waals surface area contributed by atoms with Crippen LogP contribution in [0.4, 0.5) is 15.9 Å². The van der Waals surface area contributed by atoms with E-state index < -0.39 is 0 Å². The van der Waals surface area contributed by atoms with Crippen molar-refractivity contribution in [3.63, 3.8) is 0 Å². The number of hydrogen-bond acceptors (Lipinski definition) is 5. The first-order valence-corrected chi connectivity index (χ1v) is 10.0. The summed E-state index contributed by atoms with van der Waals surface area (Å²) in [5.74, 6) is 0.252. The molecule has 29 heavy (non-hydrogen) atoms. The van der Waals surface area contributed by atoms with Gasteiger partial charge in [-0.05, 0) is 54.3 Å². The summed E-state index contributed by atoms with van der Waals surface area (Å²) in [5.41, 5.74) is 15.8. The third kappa shape index (κ3) is 5.57. The van der Waals surface area contributed by atoms with E-state index in [-0.39, 0.29) is 11.7 Å². The van der Waals surface area contributed by atoms with Crippen molar-refractivity contribution < 1.29 is 4.39 Å². The Morgan fingerprint density at radius 3 is 2.14 bits per heavy atom. The average molecular weight is 413 g/mol. The maximum absolute atomic E-state index is 13.3. The molecule has 5 N–H and O–H groups in total. The van der Waals surface area contributed by atoms with Crippen LogP contribution in [0.25, 0.3) is 21.9 Å². The Balaban J connectivity index is 0.000000771. The lowest BCUT2D eigenvalue weighted by molar-refractivity contribution is 0.628. The number of thiol groups is 1. The largest absolute Gasteiger partial charge is 0.398 e. The molecular weight excluding hydrogens is 383 g/mol. The predicted molar refractivity (Wildman–Crippen MR) is 129 cm³/mol. The van der Waals surface area contributed by atoms with Crippen LogP contribution in [0.3, 0.4) is 0 Å². The number of anilines is 2. The minimum Gasteiger partial charge on any atom is -0.398 e.